The van der Waals surface area contributed by atoms with Gasteiger partial charge in [-0.3, -0.25) is 0 Å². The number of hydrogen-bond donors (Lipinski definition) is 1. The van der Waals surface area contributed by atoms with Gasteiger partial charge in [0.25, 0.3) is 0 Å². The van der Waals surface area contributed by atoms with Gasteiger partial charge in [-0.15, -0.1) is 0 Å². The Morgan fingerprint density at radius 2 is 2.15 bits per heavy atom. The summed E-state index contributed by atoms with van der Waals surface area (Å²) in [6, 6.07) is 7.06. The van der Waals surface area contributed by atoms with Crippen molar-refractivity contribution < 1.29 is 4.39 Å². The van der Waals surface area contributed by atoms with Gasteiger partial charge in [-0.1, -0.05) is 19.1 Å². The van der Waals surface area contributed by atoms with E-state index in [-0.39, 0.29) is 11.9 Å². The van der Waals surface area contributed by atoms with Gasteiger partial charge in [0.2, 0.25) is 0 Å². The van der Waals surface area contributed by atoms with Crippen molar-refractivity contribution in [3.63, 3.8) is 0 Å². The van der Waals surface area contributed by atoms with Crippen molar-refractivity contribution in [1.82, 2.24) is 15.3 Å². The van der Waals surface area contributed by atoms with Gasteiger partial charge >= 0.3 is 0 Å². The number of nitrogens with one attached hydrogen (secondary N) is 1. The van der Waals surface area contributed by atoms with E-state index in [9.17, 15) is 4.39 Å². The third-order valence-corrected chi connectivity index (χ3v) is 3.95. The average molecular weight is 291 g/mol. The van der Waals surface area contributed by atoms with E-state index in [2.05, 4.69) is 15.3 Å². The number of aromatic nitrogens is 2. The highest BCUT2D eigenvalue weighted by molar-refractivity contribution is 7.99. The van der Waals surface area contributed by atoms with Crippen molar-refractivity contribution in [2.75, 3.05) is 6.54 Å². The molecule has 0 radical (unpaired) electrons. The number of benzene rings is 1. The van der Waals surface area contributed by atoms with Crippen LogP contribution in [0.15, 0.2) is 40.5 Å². The highest BCUT2D eigenvalue weighted by Crippen LogP contribution is 2.33. The topological polar surface area (TPSA) is 37.8 Å². The van der Waals surface area contributed by atoms with Crippen LogP contribution in [0.2, 0.25) is 0 Å². The molecule has 0 aliphatic heterocycles. The van der Waals surface area contributed by atoms with E-state index in [0.29, 0.717) is 10.1 Å². The van der Waals surface area contributed by atoms with Crippen molar-refractivity contribution >= 4 is 11.8 Å². The predicted octanol–water partition coefficient (Wildman–Crippen LogP) is 3.75. The Morgan fingerprint density at radius 1 is 1.35 bits per heavy atom. The Hall–Kier alpha value is -1.46. The van der Waals surface area contributed by atoms with Crippen molar-refractivity contribution in [2.45, 2.75) is 36.9 Å². The standard InChI is InChI=1S/C15H18FN3S/c1-4-17-11(3)12-6-5-7-13(16)14(12)20-15-18-9-8-10(2)19-15/h5-9,11,17H,4H2,1-3H3. The van der Waals surface area contributed by atoms with E-state index in [1.54, 1.807) is 12.3 Å². The Balaban J connectivity index is 2.35. The van der Waals surface area contributed by atoms with E-state index in [0.717, 1.165) is 17.8 Å². The second-order valence-corrected chi connectivity index (χ2v) is 5.50. The quantitative estimate of drug-likeness (QED) is 0.852. The average Bonchev–Trinajstić information content (AvgIpc) is 2.41. The van der Waals surface area contributed by atoms with E-state index in [1.807, 2.05) is 32.9 Å². The molecule has 0 aliphatic carbocycles. The first-order chi connectivity index (χ1) is 9.61. The fourth-order valence-electron chi connectivity index (χ4n) is 1.96. The van der Waals surface area contributed by atoms with Crippen LogP contribution < -0.4 is 5.32 Å². The molecule has 2 rings (SSSR count). The molecule has 1 atom stereocenters. The van der Waals surface area contributed by atoms with Crippen molar-refractivity contribution in [3.8, 4) is 0 Å². The molecule has 0 spiro atoms. The molecule has 1 unspecified atom stereocenters. The molecule has 20 heavy (non-hydrogen) atoms. The highest BCUT2D eigenvalue weighted by atomic mass is 32.2. The van der Waals surface area contributed by atoms with Gasteiger partial charge in [-0.05, 0) is 49.9 Å². The Morgan fingerprint density at radius 3 is 2.85 bits per heavy atom. The van der Waals surface area contributed by atoms with Crippen LogP contribution in [0.4, 0.5) is 4.39 Å². The van der Waals surface area contributed by atoms with E-state index >= 15 is 0 Å². The Bertz CT molecular complexity index is 589. The Labute approximate surface area is 123 Å². The van der Waals surface area contributed by atoms with Gasteiger partial charge in [0.1, 0.15) is 5.82 Å². The molecule has 0 aliphatic rings. The molecule has 0 saturated heterocycles. The minimum Gasteiger partial charge on any atom is -0.310 e. The zero-order chi connectivity index (χ0) is 14.5. The first-order valence-corrected chi connectivity index (χ1v) is 7.42. The van der Waals surface area contributed by atoms with Crippen LogP contribution in [0.5, 0.6) is 0 Å². The smallest absolute Gasteiger partial charge is 0.192 e. The number of halogens is 1. The van der Waals surface area contributed by atoms with E-state index in [4.69, 9.17) is 0 Å². The SMILES string of the molecule is CCNC(C)c1cccc(F)c1Sc1nccc(C)n1. The highest BCUT2D eigenvalue weighted by Gasteiger charge is 2.16. The lowest BCUT2D eigenvalue weighted by molar-refractivity contribution is 0.557. The Kier molecular flexibility index (Phi) is 5.09. The summed E-state index contributed by atoms with van der Waals surface area (Å²) in [4.78, 5) is 9.10. The molecule has 106 valence electrons. The molecule has 1 aromatic carbocycles. The lowest BCUT2D eigenvalue weighted by Gasteiger charge is -2.17. The monoisotopic (exact) mass is 291 g/mol. The van der Waals surface area contributed by atoms with Crippen LogP contribution in [-0.4, -0.2) is 16.5 Å². The molecule has 3 nitrogen and oxygen atoms in total. The molecule has 1 N–H and O–H groups in total. The van der Waals surface area contributed by atoms with Crippen LogP contribution in [0.25, 0.3) is 0 Å². The zero-order valence-corrected chi connectivity index (χ0v) is 12.7. The van der Waals surface area contributed by atoms with E-state index < -0.39 is 0 Å². The maximum absolute atomic E-state index is 14.1. The van der Waals surface area contributed by atoms with Gasteiger partial charge in [-0.2, -0.15) is 0 Å². The summed E-state index contributed by atoms with van der Waals surface area (Å²) in [7, 11) is 0. The summed E-state index contributed by atoms with van der Waals surface area (Å²) in [5.41, 5.74) is 1.81. The minimum atomic E-state index is -0.234. The third-order valence-electron chi connectivity index (χ3n) is 2.94. The number of nitrogens with zero attached hydrogens (tertiary/aromatic N) is 2. The second kappa shape index (κ2) is 6.81. The number of rotatable bonds is 5. The maximum Gasteiger partial charge on any atom is 0.192 e. The van der Waals surface area contributed by atoms with Crippen LogP contribution in [0.3, 0.4) is 0 Å². The molecule has 0 amide bonds. The summed E-state index contributed by atoms with van der Waals surface area (Å²) in [5, 5.41) is 3.88. The second-order valence-electron chi connectivity index (χ2n) is 4.52. The van der Waals surface area contributed by atoms with Crippen LogP contribution in [0.1, 0.15) is 31.1 Å². The largest absolute Gasteiger partial charge is 0.310 e. The molecule has 1 heterocycles. The fourth-order valence-corrected chi connectivity index (χ4v) is 2.97. The van der Waals surface area contributed by atoms with Crippen LogP contribution >= 0.6 is 11.8 Å². The lowest BCUT2D eigenvalue weighted by atomic mass is 10.1. The van der Waals surface area contributed by atoms with Crippen molar-refractivity contribution in [1.29, 1.82) is 0 Å². The van der Waals surface area contributed by atoms with Gasteiger partial charge in [-0.25, -0.2) is 14.4 Å². The summed E-state index contributed by atoms with van der Waals surface area (Å²) in [6.45, 7) is 6.80. The molecule has 5 heteroatoms. The number of hydrogen-bond acceptors (Lipinski definition) is 4. The molecule has 0 saturated carbocycles. The summed E-state index contributed by atoms with van der Waals surface area (Å²) >= 11 is 1.27. The summed E-state index contributed by atoms with van der Waals surface area (Å²) in [6.07, 6.45) is 1.69. The van der Waals surface area contributed by atoms with E-state index in [1.165, 1.54) is 17.8 Å². The van der Waals surface area contributed by atoms with Crippen molar-refractivity contribution in [2.24, 2.45) is 0 Å². The summed E-state index contributed by atoms with van der Waals surface area (Å²) < 4.78 is 14.1. The summed E-state index contributed by atoms with van der Waals surface area (Å²) in [5.74, 6) is -0.234. The first kappa shape index (κ1) is 14.9. The third kappa shape index (κ3) is 3.55. The molecular weight excluding hydrogens is 273 g/mol. The number of aryl methyl sites for hydroxylation is 1. The van der Waals surface area contributed by atoms with Gasteiger partial charge < -0.3 is 5.32 Å². The maximum atomic E-state index is 14.1. The van der Waals surface area contributed by atoms with Crippen molar-refractivity contribution in [3.05, 3.63) is 47.5 Å². The van der Waals surface area contributed by atoms with Crippen LogP contribution in [0, 0.1) is 12.7 Å². The normalized spacial score (nSPS) is 12.4. The molecule has 0 bridgehead atoms. The van der Waals surface area contributed by atoms with Gasteiger partial charge in [0.05, 0.1) is 4.90 Å². The minimum absolute atomic E-state index is 0.0861. The molecular formula is C15H18FN3S. The first-order valence-electron chi connectivity index (χ1n) is 6.61. The zero-order valence-electron chi connectivity index (χ0n) is 11.9. The van der Waals surface area contributed by atoms with Gasteiger partial charge in [0, 0.05) is 17.9 Å². The molecule has 1 aromatic heterocycles. The molecule has 2 aromatic rings. The lowest BCUT2D eigenvalue weighted by Crippen LogP contribution is -2.18. The van der Waals surface area contributed by atoms with Crippen LogP contribution in [-0.2, 0) is 0 Å². The van der Waals surface area contributed by atoms with Gasteiger partial charge in [0.15, 0.2) is 5.16 Å². The fraction of sp³-hybridized carbons (Fsp3) is 0.333. The molecule has 0 fully saturated rings. The predicted molar refractivity (Wildman–Crippen MR) is 79.4 cm³/mol.